The first-order valence-corrected chi connectivity index (χ1v) is 42.7. The van der Waals surface area contributed by atoms with Gasteiger partial charge in [-0.1, -0.05) is 0 Å². The summed E-state index contributed by atoms with van der Waals surface area (Å²) in [7, 11) is -14.9. The molecule has 2 aliphatic heterocycles. The third-order valence-corrected chi connectivity index (χ3v) is 14.3. The van der Waals surface area contributed by atoms with Crippen LogP contribution in [0.4, 0.5) is 0 Å². The fourth-order valence-corrected chi connectivity index (χ4v) is 12.6. The van der Waals surface area contributed by atoms with Crippen LogP contribution in [-0.2, 0) is 45.2 Å². The molecule has 0 bridgehead atoms. The first-order chi connectivity index (χ1) is 22.5. The lowest BCUT2D eigenvalue weighted by Crippen LogP contribution is -2.69. The molecular formula is C33H78O11Si7. The Morgan fingerprint density at radius 1 is 0.373 bits per heavy atom. The summed E-state index contributed by atoms with van der Waals surface area (Å²) in [5, 5.41) is 11.5. The van der Waals surface area contributed by atoms with Crippen molar-refractivity contribution >= 4 is 58.2 Å². The van der Waals surface area contributed by atoms with Gasteiger partial charge in [0.2, 0.25) is 0 Å². The average molecular weight is 848 g/mol. The van der Waals surface area contributed by atoms with Crippen molar-refractivity contribution in [1.29, 1.82) is 0 Å². The maximum Gasteiger partial charge on any atom is 0.186 e. The van der Waals surface area contributed by atoms with Gasteiger partial charge < -0.3 is 50.3 Å². The van der Waals surface area contributed by atoms with Crippen LogP contribution in [0.5, 0.6) is 0 Å². The summed E-state index contributed by atoms with van der Waals surface area (Å²) in [5.41, 5.74) is 0. The van der Waals surface area contributed by atoms with Gasteiger partial charge in [0.15, 0.2) is 70.8 Å². The molecule has 11 nitrogen and oxygen atoms in total. The average Bonchev–Trinajstić information content (AvgIpc) is 2.84. The molecule has 2 saturated heterocycles. The Morgan fingerprint density at radius 2 is 0.686 bits per heavy atom. The van der Waals surface area contributed by atoms with Gasteiger partial charge in [0.05, 0.1) is 13.2 Å². The summed E-state index contributed by atoms with van der Waals surface area (Å²) in [6.45, 7) is 45.9. The molecule has 0 saturated carbocycles. The van der Waals surface area contributed by atoms with Crippen LogP contribution in [0.15, 0.2) is 0 Å². The van der Waals surface area contributed by atoms with Crippen LogP contribution in [0.25, 0.3) is 0 Å². The fraction of sp³-hybridized carbons (Fsp3) is 1.00. The monoisotopic (exact) mass is 846 g/mol. The maximum atomic E-state index is 11.5. The molecule has 10 atom stereocenters. The van der Waals surface area contributed by atoms with Gasteiger partial charge in [0.1, 0.15) is 48.8 Å². The molecule has 2 fully saturated rings. The Hall–Kier alpha value is 1.08. The molecule has 4 unspecified atom stereocenters. The molecule has 0 aliphatic carbocycles. The highest BCUT2D eigenvalue weighted by atomic mass is 28.4. The van der Waals surface area contributed by atoms with Crippen LogP contribution in [0, 0.1) is 0 Å². The first kappa shape index (κ1) is 48.2. The summed E-state index contributed by atoms with van der Waals surface area (Å²) in [6, 6.07) is 0. The SMILES string of the molecule is C[Si](C)(C)OCC1O[C@H](O[C@@H]2C(CO[Si](C)(C)C)O[C@@H](O)C(O[Si](C)(C)C)[C@@H]2O[Si](C)(C)C)C(O[Si](C)(C)C)[C@H](O[Si](C)(C)C)[C@@H]1O[Si](C)(C)C. The minimum absolute atomic E-state index is 0.229. The van der Waals surface area contributed by atoms with Crippen molar-refractivity contribution in [2.24, 2.45) is 0 Å². The molecule has 0 aromatic carbocycles. The molecule has 0 radical (unpaired) electrons. The van der Waals surface area contributed by atoms with Gasteiger partial charge in [-0.15, -0.1) is 0 Å². The molecule has 51 heavy (non-hydrogen) atoms. The highest BCUT2D eigenvalue weighted by Crippen LogP contribution is 2.38. The van der Waals surface area contributed by atoms with Gasteiger partial charge in [-0.25, -0.2) is 0 Å². The van der Waals surface area contributed by atoms with Crippen molar-refractivity contribution in [3.8, 4) is 0 Å². The van der Waals surface area contributed by atoms with Crippen LogP contribution in [0.3, 0.4) is 0 Å². The van der Waals surface area contributed by atoms with Gasteiger partial charge in [0, 0.05) is 0 Å². The third-order valence-electron chi connectivity index (χ3n) is 7.30. The van der Waals surface area contributed by atoms with E-state index in [0.717, 1.165) is 0 Å². The Bertz CT molecular complexity index is 1070. The summed E-state index contributed by atoms with van der Waals surface area (Å²) in [4.78, 5) is 0. The third kappa shape index (κ3) is 18.3. The smallest absolute Gasteiger partial charge is 0.186 e. The lowest BCUT2D eigenvalue weighted by molar-refractivity contribution is -0.346. The van der Waals surface area contributed by atoms with Crippen molar-refractivity contribution in [2.45, 2.75) is 199 Å². The number of hydrogen-bond acceptors (Lipinski definition) is 11. The molecule has 0 aromatic rings. The van der Waals surface area contributed by atoms with E-state index in [1.165, 1.54) is 0 Å². The standard InChI is InChI=1S/C33H78O11Si7/c1-45(2,3)35-22-24-26(28(41-48(10,11)12)30(32(34)37-24)43-50(16,17)18)39-33-31(44-51(19,20)21)29(42-49(13,14)15)27(40-47(7,8)9)25(38-33)23-36-46(4,5)6/h24-34H,22-23H2,1-21H3/t24?,25?,26-,27-,28-,29-,30?,31?,32-,33-/m1/s1. The number of aliphatic hydroxyl groups is 1. The van der Waals surface area contributed by atoms with Crippen LogP contribution in [0.1, 0.15) is 0 Å². The Kier molecular flexibility index (Phi) is 16.7. The molecule has 304 valence electrons. The second-order valence-electron chi connectivity index (χ2n) is 21.0. The van der Waals surface area contributed by atoms with Gasteiger partial charge in [-0.3, -0.25) is 0 Å². The molecule has 1 N–H and O–H groups in total. The van der Waals surface area contributed by atoms with Crippen LogP contribution < -0.4 is 0 Å². The molecule has 2 rings (SSSR count). The zero-order chi connectivity index (χ0) is 39.8. The minimum Gasteiger partial charge on any atom is -0.415 e. The van der Waals surface area contributed by atoms with E-state index in [2.05, 4.69) is 137 Å². The zero-order valence-corrected chi connectivity index (χ0v) is 43.2. The lowest BCUT2D eigenvalue weighted by atomic mass is 9.97. The van der Waals surface area contributed by atoms with E-state index in [0.29, 0.717) is 6.61 Å². The van der Waals surface area contributed by atoms with E-state index < -0.39 is 120 Å². The molecule has 2 aliphatic rings. The van der Waals surface area contributed by atoms with E-state index in [1.807, 2.05) is 0 Å². The second kappa shape index (κ2) is 17.7. The van der Waals surface area contributed by atoms with Crippen molar-refractivity contribution < 1.29 is 50.3 Å². The van der Waals surface area contributed by atoms with Crippen molar-refractivity contribution in [1.82, 2.24) is 0 Å². The number of aliphatic hydroxyl groups excluding tert-OH is 1. The van der Waals surface area contributed by atoms with E-state index in [1.54, 1.807) is 0 Å². The molecule has 18 heteroatoms. The molecule has 0 spiro atoms. The summed E-state index contributed by atoms with van der Waals surface area (Å²) in [6.07, 6.45) is -6.86. The number of hydrogen-bond donors (Lipinski definition) is 1. The molecule has 2 heterocycles. The van der Waals surface area contributed by atoms with E-state index in [4.69, 9.17) is 45.2 Å². The van der Waals surface area contributed by atoms with Crippen molar-refractivity contribution in [2.75, 3.05) is 13.2 Å². The quantitative estimate of drug-likeness (QED) is 0.138. The second-order valence-corrected chi connectivity index (χ2v) is 52.4. The topological polar surface area (TPSA) is 113 Å². The summed E-state index contributed by atoms with van der Waals surface area (Å²) in [5.74, 6) is 0. The zero-order valence-electron chi connectivity index (χ0n) is 36.2. The largest absolute Gasteiger partial charge is 0.415 e. The Balaban J connectivity index is 2.83. The summed E-state index contributed by atoms with van der Waals surface area (Å²) < 4.78 is 68.5. The van der Waals surface area contributed by atoms with Crippen LogP contribution >= 0.6 is 0 Å². The normalized spacial score (nSPS) is 32.4. The summed E-state index contributed by atoms with van der Waals surface area (Å²) >= 11 is 0. The highest BCUT2D eigenvalue weighted by molar-refractivity contribution is 6.72. The predicted octanol–water partition coefficient (Wildman–Crippen LogP) is 7.62. The van der Waals surface area contributed by atoms with Crippen LogP contribution in [0.2, 0.25) is 137 Å². The van der Waals surface area contributed by atoms with Crippen LogP contribution in [-0.4, -0.2) is 138 Å². The lowest BCUT2D eigenvalue weighted by Gasteiger charge is -2.53. The van der Waals surface area contributed by atoms with E-state index in [-0.39, 0.29) is 6.61 Å². The maximum absolute atomic E-state index is 11.5. The predicted molar refractivity (Wildman–Crippen MR) is 224 cm³/mol. The van der Waals surface area contributed by atoms with Crippen molar-refractivity contribution in [3.63, 3.8) is 0 Å². The highest BCUT2D eigenvalue weighted by Gasteiger charge is 2.56. The van der Waals surface area contributed by atoms with E-state index >= 15 is 0 Å². The van der Waals surface area contributed by atoms with Gasteiger partial charge in [0.25, 0.3) is 0 Å². The Labute approximate surface area is 319 Å². The molecule has 0 aromatic heterocycles. The minimum atomic E-state index is -2.23. The number of ether oxygens (including phenoxy) is 3. The van der Waals surface area contributed by atoms with Gasteiger partial charge in [-0.05, 0) is 137 Å². The van der Waals surface area contributed by atoms with E-state index in [9.17, 15) is 5.11 Å². The number of rotatable bonds is 18. The Morgan fingerprint density at radius 3 is 1.06 bits per heavy atom. The van der Waals surface area contributed by atoms with Crippen molar-refractivity contribution in [3.05, 3.63) is 0 Å². The molecular weight excluding hydrogens is 769 g/mol. The fourth-order valence-electron chi connectivity index (χ4n) is 5.84. The first-order valence-electron chi connectivity index (χ1n) is 18.8. The van der Waals surface area contributed by atoms with Gasteiger partial charge in [-0.2, -0.15) is 0 Å². The van der Waals surface area contributed by atoms with Gasteiger partial charge >= 0.3 is 0 Å². The molecule has 0 amide bonds.